The Morgan fingerprint density at radius 1 is 1.39 bits per heavy atom. The molecular weight excluding hydrogens is 228 g/mol. The van der Waals surface area contributed by atoms with Crippen molar-refractivity contribution in [3.05, 3.63) is 29.8 Å². The third-order valence-electron chi connectivity index (χ3n) is 2.75. The average molecular weight is 248 g/mol. The van der Waals surface area contributed by atoms with Gasteiger partial charge < -0.3 is 15.6 Å². The van der Waals surface area contributed by atoms with Crippen LogP contribution in [-0.2, 0) is 6.61 Å². The number of ether oxygens (including phenoxy) is 1. The van der Waals surface area contributed by atoms with Gasteiger partial charge in [0.05, 0.1) is 19.3 Å². The van der Waals surface area contributed by atoms with Crippen LogP contribution >= 0.6 is 0 Å². The van der Waals surface area contributed by atoms with Crippen LogP contribution < -0.4 is 10.5 Å². The molecule has 0 spiro atoms. The molecule has 0 amide bonds. The van der Waals surface area contributed by atoms with Gasteiger partial charge in [0.1, 0.15) is 11.3 Å². The second kappa shape index (κ2) is 7.00. The second-order valence-corrected chi connectivity index (χ2v) is 4.60. The Hall–Kier alpha value is -1.57. The largest absolute Gasteiger partial charge is 0.493 e. The van der Waals surface area contributed by atoms with E-state index in [0.717, 1.165) is 24.2 Å². The highest BCUT2D eigenvalue weighted by Gasteiger charge is 2.15. The standard InChI is InChI=1S/C14H20N2O2/c1-14(16,11-15)8-4-5-9-18-13-7-3-2-6-12(13)10-17/h2-3,6-7,17H,4-5,8-10,16H2,1H3. The van der Waals surface area contributed by atoms with Crippen LogP contribution in [0.3, 0.4) is 0 Å². The number of rotatable bonds is 7. The van der Waals surface area contributed by atoms with Crippen molar-refractivity contribution in [2.24, 2.45) is 5.73 Å². The summed E-state index contributed by atoms with van der Waals surface area (Å²) < 4.78 is 5.59. The van der Waals surface area contributed by atoms with E-state index in [9.17, 15) is 0 Å². The molecule has 0 heterocycles. The van der Waals surface area contributed by atoms with Crippen molar-refractivity contribution in [1.29, 1.82) is 5.26 Å². The van der Waals surface area contributed by atoms with Crippen molar-refractivity contribution in [2.75, 3.05) is 6.61 Å². The fourth-order valence-corrected chi connectivity index (χ4v) is 1.61. The van der Waals surface area contributed by atoms with Crippen LogP contribution in [0.1, 0.15) is 31.7 Å². The zero-order valence-electron chi connectivity index (χ0n) is 10.7. The van der Waals surface area contributed by atoms with Gasteiger partial charge in [-0.05, 0) is 32.3 Å². The Morgan fingerprint density at radius 3 is 2.78 bits per heavy atom. The molecule has 18 heavy (non-hydrogen) atoms. The molecule has 4 nitrogen and oxygen atoms in total. The molecule has 0 saturated heterocycles. The summed E-state index contributed by atoms with van der Waals surface area (Å²) in [4.78, 5) is 0. The molecule has 0 radical (unpaired) electrons. The first-order chi connectivity index (χ1) is 8.59. The molecule has 0 aliphatic heterocycles. The van der Waals surface area contributed by atoms with Crippen molar-refractivity contribution in [3.63, 3.8) is 0 Å². The fraction of sp³-hybridized carbons (Fsp3) is 0.500. The number of nitriles is 1. The van der Waals surface area contributed by atoms with Crippen molar-refractivity contribution in [1.82, 2.24) is 0 Å². The molecule has 0 fully saturated rings. The molecule has 1 rings (SSSR count). The third kappa shape index (κ3) is 4.74. The van der Waals surface area contributed by atoms with E-state index >= 15 is 0 Å². The highest BCUT2D eigenvalue weighted by atomic mass is 16.5. The molecular formula is C14H20N2O2. The molecule has 0 aliphatic carbocycles. The van der Waals surface area contributed by atoms with E-state index in [1.165, 1.54) is 0 Å². The van der Waals surface area contributed by atoms with Gasteiger partial charge in [-0.2, -0.15) is 5.26 Å². The molecule has 1 aromatic rings. The van der Waals surface area contributed by atoms with Gasteiger partial charge in [-0.1, -0.05) is 18.2 Å². The highest BCUT2D eigenvalue weighted by Crippen LogP contribution is 2.18. The van der Waals surface area contributed by atoms with E-state index in [0.29, 0.717) is 13.0 Å². The summed E-state index contributed by atoms with van der Waals surface area (Å²) in [7, 11) is 0. The summed E-state index contributed by atoms with van der Waals surface area (Å²) in [5.74, 6) is 0.718. The Balaban J connectivity index is 2.28. The van der Waals surface area contributed by atoms with Crippen LogP contribution in [0.4, 0.5) is 0 Å². The van der Waals surface area contributed by atoms with Gasteiger partial charge >= 0.3 is 0 Å². The zero-order valence-corrected chi connectivity index (χ0v) is 10.7. The average Bonchev–Trinajstić information content (AvgIpc) is 2.38. The topological polar surface area (TPSA) is 79.3 Å². The lowest BCUT2D eigenvalue weighted by Gasteiger charge is -2.15. The number of para-hydroxylation sites is 1. The maximum absolute atomic E-state index is 9.13. The third-order valence-corrected chi connectivity index (χ3v) is 2.75. The molecule has 1 aromatic carbocycles. The van der Waals surface area contributed by atoms with Gasteiger partial charge in [-0.25, -0.2) is 0 Å². The molecule has 1 unspecified atom stereocenters. The number of unbranched alkanes of at least 4 members (excludes halogenated alkanes) is 1. The van der Waals surface area contributed by atoms with Crippen LogP contribution in [0.2, 0.25) is 0 Å². The monoisotopic (exact) mass is 248 g/mol. The number of nitrogens with two attached hydrogens (primary N) is 1. The smallest absolute Gasteiger partial charge is 0.124 e. The number of aliphatic hydroxyl groups excluding tert-OH is 1. The molecule has 0 aliphatic rings. The van der Waals surface area contributed by atoms with Gasteiger partial charge in [-0.15, -0.1) is 0 Å². The van der Waals surface area contributed by atoms with Crippen LogP contribution in [-0.4, -0.2) is 17.3 Å². The molecule has 98 valence electrons. The van der Waals surface area contributed by atoms with Gasteiger partial charge in [0.25, 0.3) is 0 Å². The first-order valence-corrected chi connectivity index (χ1v) is 6.11. The molecule has 0 aromatic heterocycles. The number of benzene rings is 1. The summed E-state index contributed by atoms with van der Waals surface area (Å²) in [5, 5.41) is 17.9. The van der Waals surface area contributed by atoms with Crippen molar-refractivity contribution >= 4 is 0 Å². The molecule has 3 N–H and O–H groups in total. The van der Waals surface area contributed by atoms with Crippen LogP contribution in [0.25, 0.3) is 0 Å². The van der Waals surface area contributed by atoms with Gasteiger partial charge in [0.15, 0.2) is 0 Å². The van der Waals surface area contributed by atoms with E-state index in [2.05, 4.69) is 6.07 Å². The maximum Gasteiger partial charge on any atom is 0.124 e. The van der Waals surface area contributed by atoms with E-state index in [-0.39, 0.29) is 6.61 Å². The Morgan fingerprint density at radius 2 is 2.11 bits per heavy atom. The minimum Gasteiger partial charge on any atom is -0.493 e. The van der Waals surface area contributed by atoms with E-state index in [1.54, 1.807) is 6.92 Å². The highest BCUT2D eigenvalue weighted by molar-refractivity contribution is 5.32. The molecule has 0 bridgehead atoms. The lowest BCUT2D eigenvalue weighted by molar-refractivity contribution is 0.259. The van der Waals surface area contributed by atoms with Gasteiger partial charge in [0.2, 0.25) is 0 Å². The Bertz CT molecular complexity index is 411. The van der Waals surface area contributed by atoms with Crippen molar-refractivity contribution < 1.29 is 9.84 Å². The van der Waals surface area contributed by atoms with E-state index in [4.69, 9.17) is 20.8 Å². The van der Waals surface area contributed by atoms with Crippen molar-refractivity contribution in [2.45, 2.75) is 38.3 Å². The minimum atomic E-state index is -0.747. The fourth-order valence-electron chi connectivity index (χ4n) is 1.61. The molecule has 4 heteroatoms. The summed E-state index contributed by atoms with van der Waals surface area (Å²) in [6.07, 6.45) is 2.35. The lowest BCUT2D eigenvalue weighted by Crippen LogP contribution is -2.33. The Labute approximate surface area is 108 Å². The molecule has 1 atom stereocenters. The second-order valence-electron chi connectivity index (χ2n) is 4.60. The summed E-state index contributed by atoms with van der Waals surface area (Å²) in [6, 6.07) is 9.49. The Kier molecular flexibility index (Phi) is 5.63. The summed E-state index contributed by atoms with van der Waals surface area (Å²) in [5.41, 5.74) is 5.76. The summed E-state index contributed by atoms with van der Waals surface area (Å²) in [6.45, 7) is 2.28. The first kappa shape index (κ1) is 14.5. The predicted molar refractivity (Wildman–Crippen MR) is 69.9 cm³/mol. The van der Waals surface area contributed by atoms with E-state index in [1.807, 2.05) is 24.3 Å². The van der Waals surface area contributed by atoms with Crippen molar-refractivity contribution in [3.8, 4) is 11.8 Å². The van der Waals surface area contributed by atoms with Crippen LogP contribution in [0.5, 0.6) is 5.75 Å². The predicted octanol–water partition coefficient (Wildman–Crippen LogP) is 1.97. The number of hydrogen-bond donors (Lipinski definition) is 2. The number of aliphatic hydroxyl groups is 1. The SMILES string of the molecule is CC(N)(C#N)CCCCOc1ccccc1CO. The number of hydrogen-bond acceptors (Lipinski definition) is 4. The van der Waals surface area contributed by atoms with Crippen LogP contribution in [0.15, 0.2) is 24.3 Å². The minimum absolute atomic E-state index is 0.0223. The maximum atomic E-state index is 9.13. The quantitative estimate of drug-likeness (QED) is 0.723. The summed E-state index contributed by atoms with van der Waals surface area (Å²) >= 11 is 0. The van der Waals surface area contributed by atoms with Gasteiger partial charge in [-0.3, -0.25) is 0 Å². The van der Waals surface area contributed by atoms with E-state index < -0.39 is 5.54 Å². The lowest BCUT2D eigenvalue weighted by atomic mass is 9.98. The first-order valence-electron chi connectivity index (χ1n) is 6.11. The van der Waals surface area contributed by atoms with Crippen LogP contribution in [0, 0.1) is 11.3 Å². The normalized spacial score (nSPS) is 13.7. The van der Waals surface area contributed by atoms with Gasteiger partial charge in [0, 0.05) is 5.56 Å². The zero-order chi connectivity index (χ0) is 13.4. The number of nitrogens with zero attached hydrogens (tertiary/aromatic N) is 1. The molecule has 0 saturated carbocycles.